The summed E-state index contributed by atoms with van der Waals surface area (Å²) in [6, 6.07) is 8.80. The molecule has 0 aliphatic carbocycles. The van der Waals surface area contributed by atoms with Gasteiger partial charge in [-0.1, -0.05) is 23.7 Å². The number of benzene rings is 2. The summed E-state index contributed by atoms with van der Waals surface area (Å²) in [6.45, 7) is 0. The highest BCUT2D eigenvalue weighted by atomic mass is 35.5. The minimum absolute atomic E-state index is 0.138. The van der Waals surface area contributed by atoms with Crippen molar-refractivity contribution in [2.24, 2.45) is 0 Å². The number of carbonyl (C=O) groups excluding carboxylic acids is 2. The monoisotopic (exact) mass is 337 g/mol. The van der Waals surface area contributed by atoms with Crippen LogP contribution in [0.5, 0.6) is 0 Å². The lowest BCUT2D eigenvalue weighted by Gasteiger charge is -2.08. The molecule has 2 N–H and O–H groups in total. The second kappa shape index (κ2) is 6.84. The van der Waals surface area contributed by atoms with Crippen LogP contribution in [-0.2, 0) is 0 Å². The Bertz CT molecular complexity index is 797. The first kappa shape index (κ1) is 16.4. The van der Waals surface area contributed by atoms with Gasteiger partial charge in [0.05, 0.1) is 15.5 Å². The van der Waals surface area contributed by atoms with E-state index in [2.05, 4.69) is 10.9 Å². The molecule has 2 aromatic carbocycles. The van der Waals surface area contributed by atoms with Gasteiger partial charge in [-0.2, -0.15) is 4.39 Å². The Morgan fingerprint density at radius 2 is 1.74 bits per heavy atom. The molecule has 7 nitrogen and oxygen atoms in total. The minimum Gasteiger partial charge on any atom is -0.267 e. The molecule has 2 aromatic rings. The van der Waals surface area contributed by atoms with Gasteiger partial charge in [-0.05, 0) is 24.3 Å². The summed E-state index contributed by atoms with van der Waals surface area (Å²) in [6.07, 6.45) is 0. The van der Waals surface area contributed by atoms with Crippen LogP contribution in [0.3, 0.4) is 0 Å². The van der Waals surface area contributed by atoms with E-state index in [0.717, 1.165) is 18.2 Å². The number of rotatable bonds is 3. The SMILES string of the molecule is O=C(NNC(=O)c1ccccc1Cl)c1ccc(F)c([N+](=O)[O-])c1. The largest absolute Gasteiger partial charge is 0.305 e. The highest BCUT2D eigenvalue weighted by molar-refractivity contribution is 6.33. The van der Waals surface area contributed by atoms with Crippen LogP contribution >= 0.6 is 11.6 Å². The first-order chi connectivity index (χ1) is 10.9. The molecular formula is C14H9ClFN3O4. The van der Waals surface area contributed by atoms with Crippen LogP contribution in [0.25, 0.3) is 0 Å². The molecule has 0 saturated carbocycles. The van der Waals surface area contributed by atoms with Gasteiger partial charge in [0, 0.05) is 11.6 Å². The third-order valence-corrected chi connectivity index (χ3v) is 3.14. The maximum atomic E-state index is 13.2. The molecule has 118 valence electrons. The molecule has 9 heteroatoms. The van der Waals surface area contributed by atoms with Crippen LogP contribution < -0.4 is 10.9 Å². The fourth-order valence-electron chi connectivity index (χ4n) is 1.69. The van der Waals surface area contributed by atoms with Crippen molar-refractivity contribution in [3.05, 3.63) is 74.5 Å². The fourth-order valence-corrected chi connectivity index (χ4v) is 1.91. The maximum absolute atomic E-state index is 13.2. The summed E-state index contributed by atoms with van der Waals surface area (Å²) in [4.78, 5) is 33.4. The minimum atomic E-state index is -1.06. The first-order valence-electron chi connectivity index (χ1n) is 6.19. The molecule has 0 aliphatic heterocycles. The third-order valence-electron chi connectivity index (χ3n) is 2.81. The molecule has 0 fully saturated rings. The first-order valence-corrected chi connectivity index (χ1v) is 6.57. The van der Waals surface area contributed by atoms with Crippen molar-refractivity contribution in [1.82, 2.24) is 10.9 Å². The van der Waals surface area contributed by atoms with E-state index in [4.69, 9.17) is 11.6 Å². The quantitative estimate of drug-likeness (QED) is 0.663. The zero-order chi connectivity index (χ0) is 17.0. The predicted molar refractivity (Wildman–Crippen MR) is 79.4 cm³/mol. The average molecular weight is 338 g/mol. The summed E-state index contributed by atoms with van der Waals surface area (Å²) in [5.41, 5.74) is 3.30. The number of hydrogen-bond acceptors (Lipinski definition) is 4. The summed E-state index contributed by atoms with van der Waals surface area (Å²) in [7, 11) is 0. The van der Waals surface area contributed by atoms with Gasteiger partial charge in [-0.3, -0.25) is 30.6 Å². The molecule has 2 rings (SSSR count). The Hall–Kier alpha value is -3.00. The van der Waals surface area contributed by atoms with Crippen molar-refractivity contribution in [1.29, 1.82) is 0 Å². The van der Waals surface area contributed by atoms with Gasteiger partial charge in [0.2, 0.25) is 5.82 Å². The van der Waals surface area contributed by atoms with E-state index in [0.29, 0.717) is 0 Å². The van der Waals surface area contributed by atoms with Crippen LogP contribution in [0, 0.1) is 15.9 Å². The Kier molecular flexibility index (Phi) is 4.87. The molecule has 0 spiro atoms. The van der Waals surface area contributed by atoms with Crippen LogP contribution in [0.1, 0.15) is 20.7 Å². The smallest absolute Gasteiger partial charge is 0.267 e. The van der Waals surface area contributed by atoms with Gasteiger partial charge in [0.1, 0.15) is 0 Å². The van der Waals surface area contributed by atoms with Crippen molar-refractivity contribution in [2.45, 2.75) is 0 Å². The average Bonchev–Trinajstić information content (AvgIpc) is 2.52. The number of nitrogens with zero attached hydrogens (tertiary/aromatic N) is 1. The summed E-state index contributed by atoms with van der Waals surface area (Å²) < 4.78 is 13.2. The van der Waals surface area contributed by atoms with Gasteiger partial charge in [0.15, 0.2) is 0 Å². The number of hydrazine groups is 1. The van der Waals surface area contributed by atoms with Crippen molar-refractivity contribution < 1.29 is 18.9 Å². The molecule has 0 unspecified atom stereocenters. The zero-order valence-corrected chi connectivity index (χ0v) is 12.1. The molecule has 0 aromatic heterocycles. The molecule has 23 heavy (non-hydrogen) atoms. The number of nitro groups is 1. The highest BCUT2D eigenvalue weighted by Crippen LogP contribution is 2.18. The second-order valence-electron chi connectivity index (χ2n) is 4.31. The predicted octanol–water partition coefficient (Wildman–Crippen LogP) is 2.46. The van der Waals surface area contributed by atoms with Crippen molar-refractivity contribution in [3.8, 4) is 0 Å². The Morgan fingerprint density at radius 3 is 2.39 bits per heavy atom. The Labute approximate surface area is 134 Å². The van der Waals surface area contributed by atoms with Crippen molar-refractivity contribution in [2.75, 3.05) is 0 Å². The second-order valence-corrected chi connectivity index (χ2v) is 4.72. The van der Waals surface area contributed by atoms with E-state index in [1.54, 1.807) is 12.1 Å². The third kappa shape index (κ3) is 3.80. The van der Waals surface area contributed by atoms with E-state index in [1.165, 1.54) is 12.1 Å². The number of hydrogen-bond donors (Lipinski definition) is 2. The standard InChI is InChI=1S/C14H9ClFN3O4/c15-10-4-2-1-3-9(10)14(21)18-17-13(20)8-5-6-11(16)12(7-8)19(22)23/h1-7H,(H,17,20)(H,18,21). The fraction of sp³-hybridized carbons (Fsp3) is 0. The van der Waals surface area contributed by atoms with Crippen LogP contribution in [0.2, 0.25) is 5.02 Å². The molecule has 0 atom stereocenters. The lowest BCUT2D eigenvalue weighted by atomic mass is 10.2. The molecular weight excluding hydrogens is 329 g/mol. The Morgan fingerprint density at radius 1 is 1.09 bits per heavy atom. The van der Waals surface area contributed by atoms with E-state index in [-0.39, 0.29) is 16.1 Å². The maximum Gasteiger partial charge on any atom is 0.305 e. The topological polar surface area (TPSA) is 101 Å². The van der Waals surface area contributed by atoms with Crippen LogP contribution in [0.15, 0.2) is 42.5 Å². The van der Waals surface area contributed by atoms with Gasteiger partial charge in [-0.15, -0.1) is 0 Å². The van der Waals surface area contributed by atoms with Crippen molar-refractivity contribution in [3.63, 3.8) is 0 Å². The van der Waals surface area contributed by atoms with E-state index < -0.39 is 28.2 Å². The van der Waals surface area contributed by atoms with Crippen LogP contribution in [-0.4, -0.2) is 16.7 Å². The lowest BCUT2D eigenvalue weighted by Crippen LogP contribution is -2.41. The number of halogens is 2. The lowest BCUT2D eigenvalue weighted by molar-refractivity contribution is -0.387. The van der Waals surface area contributed by atoms with E-state index >= 15 is 0 Å². The summed E-state index contributed by atoms with van der Waals surface area (Å²) in [5, 5.41) is 10.8. The van der Waals surface area contributed by atoms with E-state index in [1.807, 2.05) is 0 Å². The Balaban J connectivity index is 2.08. The molecule has 0 saturated heterocycles. The molecule has 0 aliphatic rings. The van der Waals surface area contributed by atoms with E-state index in [9.17, 15) is 24.1 Å². The molecule has 0 bridgehead atoms. The number of amides is 2. The van der Waals surface area contributed by atoms with Gasteiger partial charge in [-0.25, -0.2) is 0 Å². The number of nitrogens with one attached hydrogen (secondary N) is 2. The number of nitro benzene ring substituents is 1. The van der Waals surface area contributed by atoms with Gasteiger partial charge < -0.3 is 0 Å². The molecule has 0 heterocycles. The molecule has 0 radical (unpaired) electrons. The van der Waals surface area contributed by atoms with Crippen molar-refractivity contribution >= 4 is 29.1 Å². The normalized spacial score (nSPS) is 10.0. The van der Waals surface area contributed by atoms with Gasteiger partial charge in [0.25, 0.3) is 11.8 Å². The summed E-state index contributed by atoms with van der Waals surface area (Å²) >= 11 is 5.83. The summed E-state index contributed by atoms with van der Waals surface area (Å²) in [5.74, 6) is -2.57. The number of carbonyl (C=O) groups is 2. The zero-order valence-electron chi connectivity index (χ0n) is 11.4. The molecule has 2 amide bonds. The highest BCUT2D eigenvalue weighted by Gasteiger charge is 2.18. The van der Waals surface area contributed by atoms with Crippen LogP contribution in [0.4, 0.5) is 10.1 Å². The van der Waals surface area contributed by atoms with Gasteiger partial charge >= 0.3 is 5.69 Å².